The van der Waals surface area contributed by atoms with Crippen molar-refractivity contribution >= 4 is 20.2 Å². The summed E-state index contributed by atoms with van der Waals surface area (Å²) in [5.74, 6) is 0.751. The summed E-state index contributed by atoms with van der Waals surface area (Å²) < 4.78 is 5.29. The Kier molecular flexibility index (Phi) is 8.93. The minimum Gasteiger partial charge on any atom is -0.408 e. The second-order valence-electron chi connectivity index (χ2n) is 2.90. The summed E-state index contributed by atoms with van der Waals surface area (Å²) >= 11 is 5.55. The van der Waals surface area contributed by atoms with Crippen LogP contribution in [0.4, 0.5) is 0 Å². The minimum absolute atomic E-state index is 0.689. The summed E-state index contributed by atoms with van der Waals surface area (Å²) in [5, 5.41) is 0. The first kappa shape index (κ1) is 11.5. The zero-order valence-electron chi connectivity index (χ0n) is 7.61. The Morgan fingerprint density at radius 3 is 2.64 bits per heavy atom. The summed E-state index contributed by atoms with van der Waals surface area (Å²) in [7, 11) is -0.689. The summed E-state index contributed by atoms with van der Waals surface area (Å²) in [6, 6.07) is 0. The van der Waals surface area contributed by atoms with E-state index in [9.17, 15) is 0 Å². The van der Waals surface area contributed by atoms with Crippen molar-refractivity contribution in [3.8, 4) is 0 Å². The van der Waals surface area contributed by atoms with E-state index in [-0.39, 0.29) is 0 Å². The number of rotatable bonds is 7. The van der Waals surface area contributed by atoms with Crippen LogP contribution in [-0.4, -0.2) is 15.7 Å². The lowest BCUT2D eigenvalue weighted by Gasteiger charge is -2.13. The predicted octanol–water partition coefficient (Wildman–Crippen LogP) is 2.46. The van der Waals surface area contributed by atoms with Crippen molar-refractivity contribution in [1.82, 2.24) is 0 Å². The molecule has 0 bridgehead atoms. The molecule has 3 heteroatoms. The predicted molar refractivity (Wildman–Crippen MR) is 53.7 cm³/mol. The summed E-state index contributed by atoms with van der Waals surface area (Å²) in [6.07, 6.45) is 5.14. The lowest BCUT2D eigenvalue weighted by atomic mass is 10.0. The Morgan fingerprint density at radius 1 is 1.45 bits per heavy atom. The van der Waals surface area contributed by atoms with Crippen molar-refractivity contribution in [2.45, 2.75) is 39.5 Å². The van der Waals surface area contributed by atoms with E-state index >= 15 is 0 Å². The van der Waals surface area contributed by atoms with Gasteiger partial charge >= 0.3 is 0 Å². The number of hydrogen-bond acceptors (Lipinski definition) is 1. The highest BCUT2D eigenvalue weighted by Crippen LogP contribution is 2.12. The van der Waals surface area contributed by atoms with Crippen LogP contribution >= 0.6 is 11.1 Å². The SMILES string of the molecule is CCCCC(CC)CO[SiH2]Cl. The van der Waals surface area contributed by atoms with Gasteiger partial charge in [-0.15, -0.1) is 11.1 Å². The van der Waals surface area contributed by atoms with Crippen LogP contribution in [-0.2, 0) is 4.43 Å². The van der Waals surface area contributed by atoms with Crippen LogP contribution in [0, 0.1) is 5.92 Å². The van der Waals surface area contributed by atoms with Crippen LogP contribution in [0.2, 0.25) is 0 Å². The van der Waals surface area contributed by atoms with Gasteiger partial charge in [-0.25, -0.2) is 0 Å². The molecule has 0 aliphatic rings. The fraction of sp³-hybridized carbons (Fsp3) is 1.00. The quantitative estimate of drug-likeness (QED) is 0.447. The molecule has 0 saturated heterocycles. The Hall–Kier alpha value is 0.467. The minimum atomic E-state index is -0.689. The molecule has 0 amide bonds. The summed E-state index contributed by atoms with van der Waals surface area (Å²) in [4.78, 5) is 0. The van der Waals surface area contributed by atoms with Gasteiger partial charge in [0.15, 0.2) is 0 Å². The third-order valence-corrected chi connectivity index (χ3v) is 2.83. The van der Waals surface area contributed by atoms with E-state index in [0.717, 1.165) is 12.5 Å². The highest BCUT2D eigenvalue weighted by molar-refractivity contribution is 6.89. The van der Waals surface area contributed by atoms with E-state index in [1.54, 1.807) is 0 Å². The number of unbranched alkanes of at least 4 members (excludes halogenated alkanes) is 1. The van der Waals surface area contributed by atoms with Crippen molar-refractivity contribution in [2.24, 2.45) is 5.92 Å². The maximum atomic E-state index is 5.55. The molecule has 0 fully saturated rings. The largest absolute Gasteiger partial charge is 0.408 e. The van der Waals surface area contributed by atoms with E-state index in [0.29, 0.717) is 0 Å². The second-order valence-corrected chi connectivity index (χ2v) is 4.18. The fourth-order valence-electron chi connectivity index (χ4n) is 1.11. The van der Waals surface area contributed by atoms with Crippen LogP contribution in [0.3, 0.4) is 0 Å². The van der Waals surface area contributed by atoms with Gasteiger partial charge in [0.1, 0.15) is 0 Å². The molecule has 0 radical (unpaired) electrons. The van der Waals surface area contributed by atoms with Crippen molar-refractivity contribution in [1.29, 1.82) is 0 Å². The molecule has 0 aliphatic carbocycles. The van der Waals surface area contributed by atoms with Gasteiger partial charge in [-0.2, -0.15) is 0 Å². The van der Waals surface area contributed by atoms with Gasteiger partial charge in [-0.1, -0.05) is 33.1 Å². The molecule has 0 heterocycles. The molecule has 0 N–H and O–H groups in total. The van der Waals surface area contributed by atoms with Gasteiger partial charge in [-0.3, -0.25) is 0 Å². The number of halogens is 1. The maximum absolute atomic E-state index is 5.55. The molecule has 68 valence electrons. The third kappa shape index (κ3) is 6.85. The van der Waals surface area contributed by atoms with Gasteiger partial charge < -0.3 is 4.43 Å². The Balaban J connectivity index is 3.25. The van der Waals surface area contributed by atoms with E-state index in [2.05, 4.69) is 13.8 Å². The molecule has 0 aliphatic heterocycles. The van der Waals surface area contributed by atoms with Gasteiger partial charge in [0.2, 0.25) is 0 Å². The molecule has 1 atom stereocenters. The molecule has 1 unspecified atom stereocenters. The summed E-state index contributed by atoms with van der Waals surface area (Å²) in [5.41, 5.74) is 0. The first-order valence-corrected chi connectivity index (χ1v) is 7.20. The van der Waals surface area contributed by atoms with E-state index in [1.165, 1.54) is 25.7 Å². The van der Waals surface area contributed by atoms with Crippen molar-refractivity contribution in [2.75, 3.05) is 6.61 Å². The van der Waals surface area contributed by atoms with Crippen molar-refractivity contribution in [3.63, 3.8) is 0 Å². The van der Waals surface area contributed by atoms with Crippen LogP contribution in [0.5, 0.6) is 0 Å². The van der Waals surface area contributed by atoms with Crippen LogP contribution in [0.15, 0.2) is 0 Å². The second kappa shape index (κ2) is 8.56. The highest BCUT2D eigenvalue weighted by atomic mass is 35.6. The maximum Gasteiger partial charge on any atom is 0.258 e. The fourth-order valence-corrected chi connectivity index (χ4v) is 1.80. The number of hydrogen-bond donors (Lipinski definition) is 0. The monoisotopic (exact) mass is 194 g/mol. The van der Waals surface area contributed by atoms with Crippen molar-refractivity contribution in [3.05, 3.63) is 0 Å². The molecule has 0 saturated carbocycles. The molecule has 0 spiro atoms. The molecule has 0 aromatic rings. The summed E-state index contributed by atoms with van der Waals surface area (Å²) in [6.45, 7) is 5.34. The Labute approximate surface area is 77.1 Å². The van der Waals surface area contributed by atoms with Crippen molar-refractivity contribution < 1.29 is 4.43 Å². The van der Waals surface area contributed by atoms with E-state index in [4.69, 9.17) is 15.5 Å². The molecule has 0 rings (SSSR count). The Bertz CT molecular complexity index is 72.5. The van der Waals surface area contributed by atoms with Gasteiger partial charge in [0, 0.05) is 6.61 Å². The molecular formula is C8H19ClOSi. The van der Waals surface area contributed by atoms with E-state index in [1.807, 2.05) is 0 Å². The van der Waals surface area contributed by atoms with Crippen LogP contribution < -0.4 is 0 Å². The normalized spacial score (nSPS) is 14.5. The topological polar surface area (TPSA) is 9.23 Å². The average Bonchev–Trinajstić information content (AvgIpc) is 2.05. The first-order valence-electron chi connectivity index (χ1n) is 4.48. The molecule has 11 heavy (non-hydrogen) atoms. The van der Waals surface area contributed by atoms with E-state index < -0.39 is 9.07 Å². The third-order valence-electron chi connectivity index (χ3n) is 1.97. The zero-order valence-corrected chi connectivity index (χ0v) is 9.78. The molecular weight excluding hydrogens is 176 g/mol. The van der Waals surface area contributed by atoms with Crippen LogP contribution in [0.1, 0.15) is 39.5 Å². The molecule has 1 nitrogen and oxygen atoms in total. The lowest BCUT2D eigenvalue weighted by molar-refractivity contribution is 0.248. The average molecular weight is 195 g/mol. The first-order chi connectivity index (χ1) is 5.35. The van der Waals surface area contributed by atoms with Gasteiger partial charge in [-0.05, 0) is 12.3 Å². The van der Waals surface area contributed by atoms with Gasteiger partial charge in [0.05, 0.1) is 0 Å². The van der Waals surface area contributed by atoms with Crippen LogP contribution in [0.25, 0.3) is 0 Å². The Morgan fingerprint density at radius 2 is 2.18 bits per heavy atom. The van der Waals surface area contributed by atoms with Gasteiger partial charge in [0.25, 0.3) is 9.07 Å². The highest BCUT2D eigenvalue weighted by Gasteiger charge is 2.04. The standard InChI is InChI=1S/C8H19ClOSi/c1-3-5-6-8(4-2)7-10-11-9/h8H,3-7,11H2,1-2H3. The lowest BCUT2D eigenvalue weighted by Crippen LogP contribution is -2.08. The molecule has 0 aromatic carbocycles. The molecule has 0 aromatic heterocycles. The smallest absolute Gasteiger partial charge is 0.258 e. The zero-order chi connectivity index (χ0) is 8.53.